The standard InChI is InChI=1S/C24H27ClN4O4/c1-4-5-8-13-29-24(32)18-10-7-6-9-17(18)21(28-29)23(31)27-26-22(30)16(3)33-20-14-15(2)11-12-19(20)25/h6-7,9-12,14,16H,4-5,8,13H2,1-3H3,(H,26,30)(H,27,31). The molecular weight excluding hydrogens is 444 g/mol. The minimum Gasteiger partial charge on any atom is -0.479 e. The van der Waals surface area contributed by atoms with Crippen LogP contribution in [0.15, 0.2) is 47.3 Å². The first-order valence-corrected chi connectivity index (χ1v) is 11.2. The summed E-state index contributed by atoms with van der Waals surface area (Å²) in [5.41, 5.74) is 5.46. The number of carbonyl (C=O) groups is 2. The fourth-order valence-electron chi connectivity index (χ4n) is 3.29. The highest BCUT2D eigenvalue weighted by Crippen LogP contribution is 2.26. The second-order valence-electron chi connectivity index (χ2n) is 7.77. The van der Waals surface area contributed by atoms with E-state index in [0.29, 0.717) is 28.1 Å². The molecule has 1 heterocycles. The molecular formula is C24H27ClN4O4. The topological polar surface area (TPSA) is 102 Å². The summed E-state index contributed by atoms with van der Waals surface area (Å²) < 4.78 is 6.94. The number of nitrogens with zero attached hydrogens (tertiary/aromatic N) is 2. The molecule has 0 fully saturated rings. The predicted octanol–water partition coefficient (Wildman–Crippen LogP) is 3.78. The van der Waals surface area contributed by atoms with Crippen molar-refractivity contribution < 1.29 is 14.3 Å². The lowest BCUT2D eigenvalue weighted by atomic mass is 10.1. The first kappa shape index (κ1) is 24.3. The van der Waals surface area contributed by atoms with Gasteiger partial charge in [0, 0.05) is 11.9 Å². The number of aryl methyl sites for hydroxylation is 2. The Balaban J connectivity index is 1.74. The highest BCUT2D eigenvalue weighted by Gasteiger charge is 2.20. The summed E-state index contributed by atoms with van der Waals surface area (Å²) in [5.74, 6) is -0.830. The molecule has 3 rings (SSSR count). The number of fused-ring (bicyclic) bond motifs is 1. The normalized spacial score (nSPS) is 11.8. The van der Waals surface area contributed by atoms with E-state index in [4.69, 9.17) is 16.3 Å². The largest absolute Gasteiger partial charge is 0.479 e. The van der Waals surface area contributed by atoms with Crippen molar-refractivity contribution >= 4 is 34.2 Å². The summed E-state index contributed by atoms with van der Waals surface area (Å²) >= 11 is 6.12. The fraction of sp³-hybridized carbons (Fsp3) is 0.333. The lowest BCUT2D eigenvalue weighted by molar-refractivity contribution is -0.128. The molecule has 0 aliphatic heterocycles. The third-order valence-corrected chi connectivity index (χ3v) is 5.43. The molecule has 0 spiro atoms. The maximum absolute atomic E-state index is 12.9. The van der Waals surface area contributed by atoms with Crippen LogP contribution in [0, 0.1) is 6.92 Å². The number of hydrogen-bond acceptors (Lipinski definition) is 5. The number of amides is 2. The molecule has 0 radical (unpaired) electrons. The summed E-state index contributed by atoms with van der Waals surface area (Å²) in [5, 5.41) is 5.46. The molecule has 2 N–H and O–H groups in total. The summed E-state index contributed by atoms with van der Waals surface area (Å²) in [6, 6.07) is 12.0. The Kier molecular flexibility index (Phi) is 8.06. The Hall–Kier alpha value is -3.39. The lowest BCUT2D eigenvalue weighted by Crippen LogP contribution is -2.47. The number of hydrogen-bond donors (Lipinski definition) is 2. The van der Waals surface area contributed by atoms with E-state index in [9.17, 15) is 14.4 Å². The van der Waals surface area contributed by atoms with Gasteiger partial charge in [-0.1, -0.05) is 55.6 Å². The van der Waals surface area contributed by atoms with Crippen molar-refractivity contribution in [2.24, 2.45) is 0 Å². The van der Waals surface area contributed by atoms with Gasteiger partial charge in [0.2, 0.25) is 0 Å². The van der Waals surface area contributed by atoms with Gasteiger partial charge in [-0.15, -0.1) is 0 Å². The predicted molar refractivity (Wildman–Crippen MR) is 127 cm³/mol. The summed E-state index contributed by atoms with van der Waals surface area (Å²) in [7, 11) is 0. The van der Waals surface area contributed by atoms with E-state index in [2.05, 4.69) is 22.9 Å². The van der Waals surface area contributed by atoms with Crippen molar-refractivity contribution in [1.29, 1.82) is 0 Å². The number of benzene rings is 2. The van der Waals surface area contributed by atoms with E-state index < -0.39 is 17.9 Å². The monoisotopic (exact) mass is 470 g/mol. The first-order valence-electron chi connectivity index (χ1n) is 10.8. The van der Waals surface area contributed by atoms with E-state index in [-0.39, 0.29) is 11.3 Å². The molecule has 33 heavy (non-hydrogen) atoms. The molecule has 0 saturated heterocycles. The molecule has 174 valence electrons. The van der Waals surface area contributed by atoms with Crippen LogP contribution in [-0.2, 0) is 11.3 Å². The maximum Gasteiger partial charge on any atom is 0.290 e. The Labute approximate surface area is 196 Å². The number of halogens is 1. The maximum atomic E-state index is 12.9. The summed E-state index contributed by atoms with van der Waals surface area (Å²) in [4.78, 5) is 38.1. The fourth-order valence-corrected chi connectivity index (χ4v) is 3.45. The highest BCUT2D eigenvalue weighted by molar-refractivity contribution is 6.32. The van der Waals surface area contributed by atoms with Crippen molar-refractivity contribution in [2.45, 2.75) is 52.7 Å². The highest BCUT2D eigenvalue weighted by atomic mass is 35.5. The van der Waals surface area contributed by atoms with Crippen molar-refractivity contribution in [3.8, 4) is 5.75 Å². The molecule has 0 aliphatic carbocycles. The third-order valence-electron chi connectivity index (χ3n) is 5.12. The number of carbonyl (C=O) groups excluding carboxylic acids is 2. The van der Waals surface area contributed by atoms with Gasteiger partial charge < -0.3 is 4.74 Å². The van der Waals surface area contributed by atoms with Crippen LogP contribution in [0.2, 0.25) is 5.02 Å². The zero-order valence-electron chi connectivity index (χ0n) is 18.9. The van der Waals surface area contributed by atoms with Crippen molar-refractivity contribution in [3.05, 3.63) is 69.1 Å². The lowest BCUT2D eigenvalue weighted by Gasteiger charge is -2.17. The SMILES string of the molecule is CCCCCn1nc(C(=O)NNC(=O)C(C)Oc2cc(C)ccc2Cl)c2ccccc2c1=O. The second kappa shape index (κ2) is 11.0. The van der Waals surface area contributed by atoms with E-state index in [1.165, 1.54) is 4.68 Å². The average molecular weight is 471 g/mol. The molecule has 9 heteroatoms. The Morgan fingerprint density at radius 1 is 1.12 bits per heavy atom. The molecule has 1 aromatic heterocycles. The van der Waals surface area contributed by atoms with Gasteiger partial charge in [-0.3, -0.25) is 25.2 Å². The zero-order chi connectivity index (χ0) is 24.0. The van der Waals surface area contributed by atoms with Crippen LogP contribution in [0.25, 0.3) is 10.8 Å². The molecule has 2 aromatic carbocycles. The molecule has 3 aromatic rings. The van der Waals surface area contributed by atoms with Crippen LogP contribution in [0.4, 0.5) is 0 Å². The van der Waals surface area contributed by atoms with Crippen LogP contribution >= 0.6 is 11.6 Å². The molecule has 2 amide bonds. The van der Waals surface area contributed by atoms with Crippen LogP contribution in [0.3, 0.4) is 0 Å². The van der Waals surface area contributed by atoms with Gasteiger partial charge in [-0.25, -0.2) is 4.68 Å². The van der Waals surface area contributed by atoms with Crippen molar-refractivity contribution in [2.75, 3.05) is 0 Å². The smallest absolute Gasteiger partial charge is 0.290 e. The van der Waals surface area contributed by atoms with Gasteiger partial charge >= 0.3 is 0 Å². The molecule has 0 aliphatic rings. The van der Waals surface area contributed by atoms with E-state index in [0.717, 1.165) is 24.8 Å². The number of unbranched alkanes of at least 4 members (excludes halogenated alkanes) is 2. The van der Waals surface area contributed by atoms with Gasteiger partial charge in [-0.05, 0) is 44.0 Å². The van der Waals surface area contributed by atoms with Gasteiger partial charge in [-0.2, -0.15) is 5.10 Å². The van der Waals surface area contributed by atoms with Gasteiger partial charge in [0.1, 0.15) is 5.75 Å². The Morgan fingerprint density at radius 3 is 2.58 bits per heavy atom. The van der Waals surface area contributed by atoms with Crippen molar-refractivity contribution in [3.63, 3.8) is 0 Å². The van der Waals surface area contributed by atoms with Gasteiger partial charge in [0.25, 0.3) is 17.4 Å². The van der Waals surface area contributed by atoms with E-state index in [1.54, 1.807) is 43.3 Å². The number of aromatic nitrogens is 2. The second-order valence-corrected chi connectivity index (χ2v) is 8.17. The molecule has 0 bridgehead atoms. The molecule has 8 nitrogen and oxygen atoms in total. The first-order chi connectivity index (χ1) is 15.8. The number of hydrazine groups is 1. The molecule has 1 unspecified atom stereocenters. The van der Waals surface area contributed by atoms with Crippen LogP contribution < -0.4 is 21.1 Å². The van der Waals surface area contributed by atoms with Crippen LogP contribution in [0.5, 0.6) is 5.75 Å². The average Bonchev–Trinajstić information content (AvgIpc) is 2.81. The third kappa shape index (κ3) is 5.90. The van der Waals surface area contributed by atoms with E-state index >= 15 is 0 Å². The minimum atomic E-state index is -0.919. The Morgan fingerprint density at radius 2 is 1.85 bits per heavy atom. The zero-order valence-corrected chi connectivity index (χ0v) is 19.6. The van der Waals surface area contributed by atoms with Gasteiger partial charge in [0.15, 0.2) is 11.8 Å². The van der Waals surface area contributed by atoms with E-state index in [1.807, 2.05) is 13.0 Å². The van der Waals surface area contributed by atoms with Crippen LogP contribution in [-0.4, -0.2) is 27.7 Å². The van der Waals surface area contributed by atoms with Crippen molar-refractivity contribution in [1.82, 2.24) is 20.6 Å². The minimum absolute atomic E-state index is 0.0531. The quantitative estimate of drug-likeness (QED) is 0.385. The number of nitrogens with one attached hydrogen (secondary N) is 2. The molecule has 1 atom stereocenters. The number of ether oxygens (including phenoxy) is 1. The molecule has 0 saturated carbocycles. The summed E-state index contributed by atoms with van der Waals surface area (Å²) in [6.45, 7) is 5.90. The number of rotatable bonds is 8. The summed E-state index contributed by atoms with van der Waals surface area (Å²) in [6.07, 6.45) is 1.80. The van der Waals surface area contributed by atoms with Gasteiger partial charge in [0.05, 0.1) is 10.4 Å². The Bertz CT molecular complexity index is 1220. The van der Waals surface area contributed by atoms with Crippen LogP contribution in [0.1, 0.15) is 49.2 Å².